The van der Waals surface area contributed by atoms with Crippen LogP contribution >= 0.6 is 11.3 Å². The van der Waals surface area contributed by atoms with Crippen molar-refractivity contribution in [2.24, 2.45) is 0 Å². The van der Waals surface area contributed by atoms with Crippen molar-refractivity contribution in [3.8, 4) is 0 Å². The molecule has 0 unspecified atom stereocenters. The lowest BCUT2D eigenvalue weighted by Crippen LogP contribution is -2.36. The van der Waals surface area contributed by atoms with Crippen LogP contribution in [0.5, 0.6) is 0 Å². The van der Waals surface area contributed by atoms with Gasteiger partial charge in [-0.05, 0) is 31.2 Å². The highest BCUT2D eigenvalue weighted by molar-refractivity contribution is 7.10. The zero-order valence-electron chi connectivity index (χ0n) is 9.81. The van der Waals surface area contributed by atoms with E-state index in [0.29, 0.717) is 5.56 Å². The molecule has 1 aromatic heterocycles. The van der Waals surface area contributed by atoms with Gasteiger partial charge in [0.2, 0.25) is 0 Å². The molecule has 1 heterocycles. The van der Waals surface area contributed by atoms with Crippen LogP contribution in [0.3, 0.4) is 0 Å². The second kappa shape index (κ2) is 5.49. The molecule has 1 amide bonds. The van der Waals surface area contributed by atoms with Gasteiger partial charge in [0.25, 0.3) is 5.91 Å². The van der Waals surface area contributed by atoms with E-state index < -0.39 is 12.1 Å². The van der Waals surface area contributed by atoms with Crippen LogP contribution in [0.25, 0.3) is 0 Å². The molecule has 98 valence electrons. The van der Waals surface area contributed by atoms with Crippen LogP contribution in [-0.2, 0) is 17.6 Å². The highest BCUT2D eigenvalue weighted by Crippen LogP contribution is 2.29. The maximum atomic E-state index is 11.9. The lowest BCUT2D eigenvalue weighted by atomic mass is 9.95. The quantitative estimate of drug-likeness (QED) is 0.754. The summed E-state index contributed by atoms with van der Waals surface area (Å²) in [7, 11) is 0. The molecule has 3 N–H and O–H groups in total. The Morgan fingerprint density at radius 3 is 2.83 bits per heavy atom. The van der Waals surface area contributed by atoms with Gasteiger partial charge in [-0.1, -0.05) is 0 Å². The van der Waals surface area contributed by atoms with Gasteiger partial charge in [-0.2, -0.15) is 0 Å². The van der Waals surface area contributed by atoms with Crippen molar-refractivity contribution in [1.82, 2.24) is 5.32 Å². The first-order valence-corrected chi connectivity index (χ1v) is 6.76. The maximum Gasteiger partial charge on any atom is 0.334 e. The molecule has 1 aliphatic carbocycles. The summed E-state index contributed by atoms with van der Waals surface area (Å²) in [5, 5.41) is 21.9. The number of carboxylic acids is 1. The number of aliphatic carboxylic acids is 1. The summed E-state index contributed by atoms with van der Waals surface area (Å²) in [5.74, 6) is -1.63. The molecule has 2 rings (SSSR count). The molecule has 0 fully saturated rings. The molecule has 0 saturated heterocycles. The number of thiophene rings is 1. The number of amides is 1. The number of aryl methyl sites for hydroxylation is 1. The fraction of sp³-hybridized carbons (Fsp3) is 0.500. The van der Waals surface area contributed by atoms with Crippen LogP contribution in [0, 0.1) is 0 Å². The fourth-order valence-electron chi connectivity index (χ4n) is 2.06. The van der Waals surface area contributed by atoms with Gasteiger partial charge >= 0.3 is 5.97 Å². The molecule has 6 heteroatoms. The first kappa shape index (κ1) is 13.0. The first-order valence-electron chi connectivity index (χ1n) is 5.88. The van der Waals surface area contributed by atoms with Gasteiger partial charge in [0, 0.05) is 10.3 Å². The number of hydrogen-bond donors (Lipinski definition) is 3. The van der Waals surface area contributed by atoms with Crippen molar-refractivity contribution >= 4 is 23.2 Å². The number of carboxylic acid groups (broad SMARTS) is 1. The third kappa shape index (κ3) is 2.70. The van der Waals surface area contributed by atoms with E-state index in [2.05, 4.69) is 5.32 Å². The van der Waals surface area contributed by atoms with Crippen molar-refractivity contribution in [1.29, 1.82) is 0 Å². The maximum absolute atomic E-state index is 11.9. The minimum Gasteiger partial charge on any atom is -0.479 e. The third-order valence-corrected chi connectivity index (χ3v) is 4.14. The molecule has 0 radical (unpaired) electrons. The molecule has 0 bridgehead atoms. The Morgan fingerprint density at radius 2 is 2.11 bits per heavy atom. The van der Waals surface area contributed by atoms with E-state index in [1.165, 1.54) is 4.88 Å². The normalized spacial score (nSPS) is 15.8. The molecule has 0 saturated carbocycles. The Bertz CT molecular complexity index is 469. The molecule has 1 aliphatic rings. The van der Waals surface area contributed by atoms with Crippen molar-refractivity contribution in [3.05, 3.63) is 21.4 Å². The van der Waals surface area contributed by atoms with Crippen LogP contribution in [0.15, 0.2) is 5.38 Å². The highest BCUT2D eigenvalue weighted by Gasteiger charge is 2.21. The van der Waals surface area contributed by atoms with Crippen LogP contribution < -0.4 is 5.32 Å². The van der Waals surface area contributed by atoms with E-state index in [1.54, 1.807) is 11.3 Å². The molecular formula is C12H15NO4S. The van der Waals surface area contributed by atoms with Crippen molar-refractivity contribution in [3.63, 3.8) is 0 Å². The standard InChI is InChI=1S/C12H15NO4S/c14-9(12(16)17)5-13-11(15)8-6-18-10-4-2-1-3-7(8)10/h6,9,14H,1-5H2,(H,13,15)(H,16,17)/t9-/m0/s1. The van der Waals surface area contributed by atoms with Gasteiger partial charge in [0.05, 0.1) is 12.1 Å². The molecule has 5 nitrogen and oxygen atoms in total. The van der Waals surface area contributed by atoms with Gasteiger partial charge < -0.3 is 15.5 Å². The number of fused-ring (bicyclic) bond motifs is 1. The van der Waals surface area contributed by atoms with Gasteiger partial charge in [-0.25, -0.2) is 4.79 Å². The minimum atomic E-state index is -1.55. The van der Waals surface area contributed by atoms with E-state index in [1.807, 2.05) is 5.38 Å². The summed E-state index contributed by atoms with van der Waals surface area (Å²) in [6.07, 6.45) is 2.62. The van der Waals surface area contributed by atoms with Crippen molar-refractivity contribution in [2.75, 3.05) is 6.54 Å². The SMILES string of the molecule is O=C(NC[C@H](O)C(=O)O)c1csc2c1CCCC2. The van der Waals surface area contributed by atoms with Crippen molar-refractivity contribution in [2.45, 2.75) is 31.8 Å². The predicted molar refractivity (Wildman–Crippen MR) is 66.9 cm³/mol. The number of rotatable bonds is 4. The van der Waals surface area contributed by atoms with E-state index in [-0.39, 0.29) is 12.5 Å². The largest absolute Gasteiger partial charge is 0.479 e. The molecule has 0 aromatic carbocycles. The first-order chi connectivity index (χ1) is 8.59. The Hall–Kier alpha value is -1.40. The summed E-state index contributed by atoms with van der Waals surface area (Å²) in [6, 6.07) is 0. The van der Waals surface area contributed by atoms with Crippen LogP contribution in [0.4, 0.5) is 0 Å². The van der Waals surface area contributed by atoms with Gasteiger partial charge in [0.1, 0.15) is 0 Å². The fourth-order valence-corrected chi connectivity index (χ4v) is 3.18. The van der Waals surface area contributed by atoms with E-state index in [0.717, 1.165) is 31.2 Å². The molecule has 1 atom stereocenters. The van der Waals surface area contributed by atoms with Crippen LogP contribution in [0.2, 0.25) is 0 Å². The second-order valence-electron chi connectivity index (χ2n) is 4.32. The van der Waals surface area contributed by atoms with E-state index >= 15 is 0 Å². The average molecular weight is 269 g/mol. The molecule has 0 aliphatic heterocycles. The summed E-state index contributed by atoms with van der Waals surface area (Å²) >= 11 is 1.58. The lowest BCUT2D eigenvalue weighted by Gasteiger charge is -2.13. The topological polar surface area (TPSA) is 86.6 Å². The number of carbonyl (C=O) groups is 2. The Morgan fingerprint density at radius 1 is 1.39 bits per heavy atom. The number of aliphatic hydroxyl groups excluding tert-OH is 1. The Kier molecular flexibility index (Phi) is 3.98. The van der Waals surface area contributed by atoms with Gasteiger partial charge in [0.15, 0.2) is 6.10 Å². The zero-order valence-corrected chi connectivity index (χ0v) is 10.6. The van der Waals surface area contributed by atoms with Crippen LogP contribution in [-0.4, -0.2) is 34.7 Å². The summed E-state index contributed by atoms with van der Waals surface area (Å²) < 4.78 is 0. The predicted octanol–water partition coefficient (Wildman–Crippen LogP) is 0.802. The number of nitrogens with one attached hydrogen (secondary N) is 1. The molecule has 1 aromatic rings. The summed E-state index contributed by atoms with van der Waals surface area (Å²) in [6.45, 7) is -0.265. The Labute approximate surface area is 108 Å². The zero-order chi connectivity index (χ0) is 13.1. The van der Waals surface area contributed by atoms with Gasteiger partial charge in [-0.3, -0.25) is 4.79 Å². The molecular weight excluding hydrogens is 254 g/mol. The van der Waals surface area contributed by atoms with Crippen molar-refractivity contribution < 1.29 is 19.8 Å². The lowest BCUT2D eigenvalue weighted by molar-refractivity contribution is -0.146. The van der Waals surface area contributed by atoms with E-state index in [9.17, 15) is 9.59 Å². The van der Waals surface area contributed by atoms with E-state index in [4.69, 9.17) is 10.2 Å². The average Bonchev–Trinajstić information content (AvgIpc) is 2.79. The number of carbonyl (C=O) groups excluding carboxylic acids is 1. The number of aliphatic hydroxyl groups is 1. The highest BCUT2D eigenvalue weighted by atomic mass is 32.1. The molecule has 0 spiro atoms. The number of hydrogen-bond acceptors (Lipinski definition) is 4. The summed E-state index contributed by atoms with van der Waals surface area (Å²) in [4.78, 5) is 23.6. The molecule has 18 heavy (non-hydrogen) atoms. The monoisotopic (exact) mass is 269 g/mol. The van der Waals surface area contributed by atoms with Gasteiger partial charge in [-0.15, -0.1) is 11.3 Å². The minimum absolute atomic E-state index is 0.265. The second-order valence-corrected chi connectivity index (χ2v) is 5.29. The summed E-state index contributed by atoms with van der Waals surface area (Å²) in [5.41, 5.74) is 1.72. The smallest absolute Gasteiger partial charge is 0.334 e. The van der Waals surface area contributed by atoms with Crippen LogP contribution in [0.1, 0.15) is 33.6 Å². The third-order valence-electron chi connectivity index (χ3n) is 3.05. The Balaban J connectivity index is 2.01.